The normalized spacial score (nSPS) is 16.4. The standard InChI is InChI=1S/C27H29ClN2O5S/c1-18-10-11-19(14-23(18)28)30(36(32,33)21-8-6-5-7-9-21)17-26(31)29-24-16-27(2,3)35-25-13-12-20(34-4)15-22(24)25/h5-15,24H,16-17H2,1-4H3,(H,29,31). The zero-order valence-electron chi connectivity index (χ0n) is 20.6. The number of hydrogen-bond acceptors (Lipinski definition) is 5. The summed E-state index contributed by atoms with van der Waals surface area (Å²) in [6, 6.07) is 18.0. The van der Waals surface area contributed by atoms with E-state index in [1.165, 1.54) is 12.1 Å². The van der Waals surface area contributed by atoms with Crippen LogP contribution in [0.4, 0.5) is 5.69 Å². The van der Waals surface area contributed by atoms with Crippen LogP contribution in [-0.2, 0) is 14.8 Å². The molecule has 3 aromatic rings. The number of nitrogens with zero attached hydrogens (tertiary/aromatic N) is 1. The average Bonchev–Trinajstić information content (AvgIpc) is 2.84. The number of benzene rings is 3. The molecular formula is C27H29ClN2O5S. The fourth-order valence-electron chi connectivity index (χ4n) is 4.23. The van der Waals surface area contributed by atoms with Gasteiger partial charge in [0.05, 0.1) is 23.7 Å². The van der Waals surface area contributed by atoms with Crippen LogP contribution in [0.15, 0.2) is 71.6 Å². The van der Waals surface area contributed by atoms with Crippen LogP contribution >= 0.6 is 11.6 Å². The van der Waals surface area contributed by atoms with Gasteiger partial charge in [0.1, 0.15) is 23.6 Å². The minimum absolute atomic E-state index is 0.0804. The number of nitrogens with one attached hydrogen (secondary N) is 1. The number of ether oxygens (including phenoxy) is 2. The summed E-state index contributed by atoms with van der Waals surface area (Å²) in [5.74, 6) is 0.831. The van der Waals surface area contributed by atoms with Gasteiger partial charge in [-0.15, -0.1) is 0 Å². The average molecular weight is 529 g/mol. The predicted molar refractivity (Wildman–Crippen MR) is 140 cm³/mol. The maximum absolute atomic E-state index is 13.6. The Hall–Kier alpha value is -3.23. The van der Waals surface area contributed by atoms with E-state index in [9.17, 15) is 13.2 Å². The van der Waals surface area contributed by atoms with E-state index in [1.54, 1.807) is 49.6 Å². The van der Waals surface area contributed by atoms with Crippen molar-refractivity contribution < 1.29 is 22.7 Å². The quantitative estimate of drug-likeness (QED) is 0.451. The van der Waals surface area contributed by atoms with Gasteiger partial charge in [-0.25, -0.2) is 8.42 Å². The van der Waals surface area contributed by atoms with Crippen LogP contribution in [0.25, 0.3) is 0 Å². The number of carbonyl (C=O) groups excluding carboxylic acids is 1. The van der Waals surface area contributed by atoms with Crippen LogP contribution in [0.1, 0.15) is 37.4 Å². The second-order valence-corrected chi connectivity index (χ2v) is 11.6. The number of amides is 1. The van der Waals surface area contributed by atoms with Crippen molar-refractivity contribution in [1.82, 2.24) is 5.32 Å². The molecule has 9 heteroatoms. The van der Waals surface area contributed by atoms with E-state index in [1.807, 2.05) is 32.9 Å². The largest absolute Gasteiger partial charge is 0.497 e. The second kappa shape index (κ2) is 10.0. The van der Waals surface area contributed by atoms with Crippen LogP contribution in [0.2, 0.25) is 5.02 Å². The van der Waals surface area contributed by atoms with Gasteiger partial charge >= 0.3 is 0 Å². The summed E-state index contributed by atoms with van der Waals surface area (Å²) in [6.07, 6.45) is 0.501. The van der Waals surface area contributed by atoms with Crippen LogP contribution in [0.5, 0.6) is 11.5 Å². The molecule has 1 aliphatic rings. The van der Waals surface area contributed by atoms with Crippen molar-refractivity contribution in [3.8, 4) is 11.5 Å². The fraction of sp³-hybridized carbons (Fsp3) is 0.296. The van der Waals surface area contributed by atoms with Gasteiger partial charge in [-0.1, -0.05) is 35.9 Å². The molecule has 190 valence electrons. The predicted octanol–water partition coefficient (Wildman–Crippen LogP) is 5.27. The topological polar surface area (TPSA) is 84.9 Å². The van der Waals surface area contributed by atoms with Crippen molar-refractivity contribution in [2.45, 2.75) is 43.7 Å². The van der Waals surface area contributed by atoms with Gasteiger partial charge in [0.15, 0.2) is 0 Å². The van der Waals surface area contributed by atoms with Crippen molar-refractivity contribution in [1.29, 1.82) is 0 Å². The summed E-state index contributed by atoms with van der Waals surface area (Å²) < 4.78 is 39.7. The summed E-state index contributed by atoms with van der Waals surface area (Å²) in [6.45, 7) is 5.29. The van der Waals surface area contributed by atoms with E-state index in [0.717, 1.165) is 15.4 Å². The summed E-state index contributed by atoms with van der Waals surface area (Å²) in [4.78, 5) is 13.5. The van der Waals surface area contributed by atoms with Crippen molar-refractivity contribution >= 4 is 33.2 Å². The fourth-order valence-corrected chi connectivity index (χ4v) is 5.84. The molecule has 0 bridgehead atoms. The van der Waals surface area contributed by atoms with Gasteiger partial charge in [0.25, 0.3) is 10.0 Å². The van der Waals surface area contributed by atoms with Crippen LogP contribution in [0, 0.1) is 6.92 Å². The molecular weight excluding hydrogens is 500 g/mol. The Morgan fingerprint density at radius 1 is 1.14 bits per heavy atom. The Balaban J connectivity index is 1.67. The first kappa shape index (κ1) is 25.9. The van der Waals surface area contributed by atoms with Crippen LogP contribution in [0.3, 0.4) is 0 Å². The molecule has 4 rings (SSSR count). The number of methoxy groups -OCH3 is 1. The number of halogens is 1. The zero-order valence-corrected chi connectivity index (χ0v) is 22.2. The molecule has 0 fully saturated rings. The third-order valence-corrected chi connectivity index (χ3v) is 8.27. The Morgan fingerprint density at radius 2 is 1.86 bits per heavy atom. The molecule has 36 heavy (non-hydrogen) atoms. The van der Waals surface area contributed by atoms with Crippen LogP contribution in [-0.4, -0.2) is 33.6 Å². The maximum Gasteiger partial charge on any atom is 0.264 e. The molecule has 1 unspecified atom stereocenters. The molecule has 3 aromatic carbocycles. The number of rotatable bonds is 7. The smallest absolute Gasteiger partial charge is 0.264 e. The Bertz CT molecular complexity index is 1380. The minimum Gasteiger partial charge on any atom is -0.497 e. The van der Waals surface area contributed by atoms with Gasteiger partial charge in [0.2, 0.25) is 5.91 Å². The minimum atomic E-state index is -4.04. The molecule has 0 aromatic heterocycles. The number of sulfonamides is 1. The number of carbonyl (C=O) groups is 1. The SMILES string of the molecule is COc1ccc2c(c1)C(NC(=O)CN(c1ccc(C)c(Cl)c1)S(=O)(=O)c1ccccc1)CC(C)(C)O2. The highest BCUT2D eigenvalue weighted by atomic mass is 35.5. The molecule has 7 nitrogen and oxygen atoms in total. The van der Waals surface area contributed by atoms with Crippen LogP contribution < -0.4 is 19.1 Å². The van der Waals surface area contributed by atoms with E-state index in [0.29, 0.717) is 28.6 Å². The highest BCUT2D eigenvalue weighted by Gasteiger charge is 2.36. The lowest BCUT2D eigenvalue weighted by molar-refractivity contribution is -0.120. The molecule has 1 aliphatic heterocycles. The first-order chi connectivity index (χ1) is 17.0. The van der Waals surface area contributed by atoms with E-state index < -0.39 is 34.1 Å². The summed E-state index contributed by atoms with van der Waals surface area (Å²) >= 11 is 6.31. The molecule has 1 atom stereocenters. The highest BCUT2D eigenvalue weighted by Crippen LogP contribution is 2.41. The van der Waals surface area contributed by atoms with Crippen molar-refractivity contribution in [3.05, 3.63) is 82.9 Å². The van der Waals surface area contributed by atoms with Gasteiger partial charge in [-0.2, -0.15) is 0 Å². The van der Waals surface area contributed by atoms with E-state index in [2.05, 4.69) is 5.32 Å². The number of aryl methyl sites for hydroxylation is 1. The zero-order chi connectivity index (χ0) is 26.1. The monoisotopic (exact) mass is 528 g/mol. The van der Waals surface area contributed by atoms with Gasteiger partial charge in [-0.05, 0) is 68.8 Å². The number of anilines is 1. The molecule has 0 saturated heterocycles. The molecule has 1 amide bonds. The Morgan fingerprint density at radius 3 is 2.53 bits per heavy atom. The molecule has 0 spiro atoms. The molecule has 0 saturated carbocycles. The third-order valence-electron chi connectivity index (χ3n) is 6.07. The molecule has 1 heterocycles. The van der Waals surface area contributed by atoms with E-state index in [-0.39, 0.29) is 4.90 Å². The Kier molecular flexibility index (Phi) is 7.20. The van der Waals surface area contributed by atoms with Gasteiger partial charge < -0.3 is 14.8 Å². The first-order valence-electron chi connectivity index (χ1n) is 11.5. The summed E-state index contributed by atoms with van der Waals surface area (Å²) in [5.41, 5.74) is 1.36. The first-order valence-corrected chi connectivity index (χ1v) is 13.3. The maximum atomic E-state index is 13.6. The van der Waals surface area contributed by atoms with Crippen molar-refractivity contribution in [2.24, 2.45) is 0 Å². The van der Waals surface area contributed by atoms with E-state index in [4.69, 9.17) is 21.1 Å². The lowest BCUT2D eigenvalue weighted by Gasteiger charge is -2.38. The Labute approximate surface area is 217 Å². The summed E-state index contributed by atoms with van der Waals surface area (Å²) in [5, 5.41) is 3.43. The van der Waals surface area contributed by atoms with Gasteiger partial charge in [-0.3, -0.25) is 9.10 Å². The summed E-state index contributed by atoms with van der Waals surface area (Å²) in [7, 11) is -2.47. The molecule has 0 aliphatic carbocycles. The van der Waals surface area contributed by atoms with Crippen molar-refractivity contribution in [3.63, 3.8) is 0 Å². The van der Waals surface area contributed by atoms with Crippen molar-refractivity contribution in [2.75, 3.05) is 18.0 Å². The molecule has 1 N–H and O–H groups in total. The lowest BCUT2D eigenvalue weighted by Crippen LogP contribution is -2.45. The molecule has 0 radical (unpaired) electrons. The lowest BCUT2D eigenvalue weighted by atomic mass is 9.89. The van der Waals surface area contributed by atoms with Gasteiger partial charge in [0, 0.05) is 17.0 Å². The number of hydrogen-bond donors (Lipinski definition) is 1. The second-order valence-electron chi connectivity index (χ2n) is 9.35. The highest BCUT2D eigenvalue weighted by molar-refractivity contribution is 7.92. The van der Waals surface area contributed by atoms with E-state index >= 15 is 0 Å². The number of fused-ring (bicyclic) bond motifs is 1. The third kappa shape index (κ3) is 5.44.